The number of H-pyrrole nitrogens is 2. The lowest BCUT2D eigenvalue weighted by Gasteiger charge is -2.12. The summed E-state index contributed by atoms with van der Waals surface area (Å²) in [7, 11) is 2.71. The Morgan fingerprint density at radius 2 is 0.912 bits per heavy atom. The van der Waals surface area contributed by atoms with Crippen LogP contribution in [0.4, 0.5) is 0 Å². The average molecular weight is 457 g/mol. The quantitative estimate of drug-likeness (QED) is 0.353. The van der Waals surface area contributed by atoms with Crippen molar-refractivity contribution >= 4 is 11.9 Å². The molecule has 2 aromatic heterocycles. The van der Waals surface area contributed by atoms with Crippen LogP contribution >= 0.6 is 0 Å². The molecule has 2 N–H and O–H groups in total. The fourth-order valence-electron chi connectivity index (χ4n) is 4.34. The number of rotatable bonds is 5. The number of aromatic amines is 2. The molecule has 34 heavy (non-hydrogen) atoms. The minimum absolute atomic E-state index is 0.385. The van der Waals surface area contributed by atoms with Crippen molar-refractivity contribution in [2.45, 2.75) is 27.7 Å². The second-order valence-corrected chi connectivity index (χ2v) is 8.47. The Morgan fingerprint density at radius 1 is 0.588 bits per heavy atom. The Morgan fingerprint density at radius 3 is 1.21 bits per heavy atom. The Hall–Kier alpha value is -4.06. The number of aromatic nitrogens is 2. The van der Waals surface area contributed by atoms with Gasteiger partial charge in [-0.25, -0.2) is 9.59 Å². The van der Waals surface area contributed by atoms with Gasteiger partial charge in [-0.2, -0.15) is 0 Å². The van der Waals surface area contributed by atoms with Crippen LogP contribution in [0.2, 0.25) is 0 Å². The van der Waals surface area contributed by atoms with Crippen LogP contribution in [0.5, 0.6) is 0 Å². The summed E-state index contributed by atoms with van der Waals surface area (Å²) in [6, 6.07) is 16.0. The first-order valence-electron chi connectivity index (χ1n) is 11.0. The van der Waals surface area contributed by atoms with Crippen LogP contribution in [0.1, 0.15) is 43.2 Å². The van der Waals surface area contributed by atoms with Gasteiger partial charge >= 0.3 is 11.9 Å². The summed E-state index contributed by atoms with van der Waals surface area (Å²) < 4.78 is 10.3. The Balaban J connectivity index is 2.14. The molecule has 4 aromatic rings. The van der Waals surface area contributed by atoms with Crippen molar-refractivity contribution in [3.63, 3.8) is 0 Å². The zero-order chi connectivity index (χ0) is 24.6. The predicted octanol–water partition coefficient (Wildman–Crippen LogP) is 6.15. The van der Waals surface area contributed by atoms with Crippen molar-refractivity contribution in [1.82, 2.24) is 9.97 Å². The molecule has 2 aromatic carbocycles. The summed E-state index contributed by atoms with van der Waals surface area (Å²) in [6.45, 7) is 7.70. The average Bonchev–Trinajstić information content (AvgIpc) is 3.35. The van der Waals surface area contributed by atoms with E-state index in [9.17, 15) is 9.59 Å². The van der Waals surface area contributed by atoms with Crippen LogP contribution in [0.3, 0.4) is 0 Å². The van der Waals surface area contributed by atoms with E-state index >= 15 is 0 Å². The number of aryl methyl sites for hydroxylation is 4. The van der Waals surface area contributed by atoms with Gasteiger partial charge in [-0.3, -0.25) is 0 Å². The number of carbonyl (C=O) groups is 2. The zero-order valence-corrected chi connectivity index (χ0v) is 20.3. The maximum Gasteiger partial charge on any atom is 0.340 e. The number of ether oxygens (including phenoxy) is 2. The molecule has 0 unspecified atom stereocenters. The van der Waals surface area contributed by atoms with Gasteiger partial charge in [0.15, 0.2) is 0 Å². The van der Waals surface area contributed by atoms with Gasteiger partial charge in [0.05, 0.1) is 36.7 Å². The van der Waals surface area contributed by atoms with Crippen molar-refractivity contribution in [2.75, 3.05) is 14.2 Å². The number of nitrogens with one attached hydrogen (secondary N) is 2. The second-order valence-electron chi connectivity index (χ2n) is 8.47. The van der Waals surface area contributed by atoms with Crippen molar-refractivity contribution in [2.24, 2.45) is 0 Å². The fourth-order valence-corrected chi connectivity index (χ4v) is 4.34. The number of esters is 2. The standard InChI is InChI=1S/C28H28N2O4/c1-15-7-11-19(12-8-15)25-23(21(17(3)29-25)27(31)33-5)24-22(28(32)34-6)18(4)30-26(24)20-13-9-16(2)10-14-20/h7-14,29-30H,1-6H3. The van der Waals surface area contributed by atoms with E-state index in [1.54, 1.807) is 0 Å². The van der Waals surface area contributed by atoms with Gasteiger partial charge in [-0.05, 0) is 38.8 Å². The number of hydrogen-bond acceptors (Lipinski definition) is 4. The molecule has 0 fully saturated rings. The van der Waals surface area contributed by atoms with E-state index in [1.165, 1.54) is 14.2 Å². The molecule has 0 radical (unpaired) electrons. The normalized spacial score (nSPS) is 10.9. The van der Waals surface area contributed by atoms with E-state index < -0.39 is 11.9 Å². The molecule has 0 bridgehead atoms. The highest BCUT2D eigenvalue weighted by atomic mass is 16.5. The zero-order valence-electron chi connectivity index (χ0n) is 20.3. The van der Waals surface area contributed by atoms with Gasteiger partial charge in [-0.15, -0.1) is 0 Å². The van der Waals surface area contributed by atoms with Crippen LogP contribution in [0.15, 0.2) is 48.5 Å². The van der Waals surface area contributed by atoms with Gasteiger partial charge in [-0.1, -0.05) is 59.7 Å². The molecule has 6 nitrogen and oxygen atoms in total. The Bertz CT molecular complexity index is 1270. The third-order valence-electron chi connectivity index (χ3n) is 6.08. The molecule has 0 atom stereocenters. The third kappa shape index (κ3) is 3.92. The molecule has 4 rings (SSSR count). The van der Waals surface area contributed by atoms with Gasteiger partial charge in [0.2, 0.25) is 0 Å². The Kier molecular flexibility index (Phi) is 6.16. The molecular formula is C28H28N2O4. The maximum absolute atomic E-state index is 13.0. The first-order valence-corrected chi connectivity index (χ1v) is 11.0. The number of methoxy groups -OCH3 is 2. The number of hydrogen-bond donors (Lipinski definition) is 2. The molecule has 0 saturated carbocycles. The fraction of sp³-hybridized carbons (Fsp3) is 0.214. The van der Waals surface area contributed by atoms with E-state index in [1.807, 2.05) is 76.2 Å². The molecule has 174 valence electrons. The molecule has 6 heteroatoms. The van der Waals surface area contributed by atoms with Crippen molar-refractivity contribution in [3.05, 3.63) is 82.2 Å². The van der Waals surface area contributed by atoms with Crippen molar-refractivity contribution < 1.29 is 19.1 Å². The van der Waals surface area contributed by atoms with Crippen LogP contribution < -0.4 is 0 Å². The van der Waals surface area contributed by atoms with Crippen LogP contribution in [-0.4, -0.2) is 36.1 Å². The Labute approximate surface area is 198 Å². The van der Waals surface area contributed by atoms with E-state index in [0.717, 1.165) is 33.6 Å². The molecule has 0 saturated heterocycles. The summed E-state index contributed by atoms with van der Waals surface area (Å²) in [6.07, 6.45) is 0. The highest BCUT2D eigenvalue weighted by Crippen LogP contribution is 2.44. The number of carbonyl (C=O) groups excluding carboxylic acids is 2. The highest BCUT2D eigenvalue weighted by molar-refractivity contribution is 6.11. The third-order valence-corrected chi connectivity index (χ3v) is 6.08. The van der Waals surface area contributed by atoms with Crippen LogP contribution in [-0.2, 0) is 9.47 Å². The topological polar surface area (TPSA) is 84.2 Å². The molecular weight excluding hydrogens is 428 g/mol. The lowest BCUT2D eigenvalue weighted by Crippen LogP contribution is -2.07. The van der Waals surface area contributed by atoms with E-state index in [4.69, 9.17) is 9.47 Å². The summed E-state index contributed by atoms with van der Waals surface area (Å²) in [5, 5.41) is 0. The number of benzene rings is 2. The summed E-state index contributed by atoms with van der Waals surface area (Å²) in [5.41, 5.74) is 8.78. The summed E-state index contributed by atoms with van der Waals surface area (Å²) in [4.78, 5) is 32.8. The molecule has 0 aliphatic heterocycles. The van der Waals surface area contributed by atoms with Crippen molar-refractivity contribution in [1.29, 1.82) is 0 Å². The maximum atomic E-state index is 13.0. The van der Waals surface area contributed by atoms with Crippen LogP contribution in [0.25, 0.3) is 33.6 Å². The van der Waals surface area contributed by atoms with E-state index in [2.05, 4.69) is 9.97 Å². The first-order chi connectivity index (χ1) is 16.3. The molecule has 0 amide bonds. The highest BCUT2D eigenvalue weighted by Gasteiger charge is 2.32. The van der Waals surface area contributed by atoms with E-state index in [-0.39, 0.29) is 0 Å². The minimum atomic E-state index is -0.480. The minimum Gasteiger partial charge on any atom is -0.465 e. The summed E-state index contributed by atoms with van der Waals surface area (Å²) in [5.74, 6) is -0.960. The van der Waals surface area contributed by atoms with Crippen molar-refractivity contribution in [3.8, 4) is 33.6 Å². The SMILES string of the molecule is COC(=O)c1c(C)[nH]c(-c2ccc(C)cc2)c1-c1c(-c2ccc(C)cc2)[nH]c(C)c1C(=O)OC. The van der Waals surface area contributed by atoms with Crippen LogP contribution in [0, 0.1) is 27.7 Å². The smallest absolute Gasteiger partial charge is 0.340 e. The second kappa shape index (κ2) is 9.06. The lowest BCUT2D eigenvalue weighted by molar-refractivity contribution is 0.0589. The predicted molar refractivity (Wildman–Crippen MR) is 133 cm³/mol. The van der Waals surface area contributed by atoms with Gasteiger partial charge < -0.3 is 19.4 Å². The molecule has 0 spiro atoms. The summed E-state index contributed by atoms with van der Waals surface area (Å²) >= 11 is 0. The largest absolute Gasteiger partial charge is 0.465 e. The van der Waals surface area contributed by atoms with E-state index in [0.29, 0.717) is 33.6 Å². The van der Waals surface area contributed by atoms with Gasteiger partial charge in [0.1, 0.15) is 0 Å². The van der Waals surface area contributed by atoms with Gasteiger partial charge in [0.25, 0.3) is 0 Å². The molecule has 2 heterocycles. The first kappa shape index (κ1) is 23.1. The molecule has 0 aliphatic carbocycles. The van der Waals surface area contributed by atoms with Gasteiger partial charge in [0, 0.05) is 22.5 Å². The molecule has 0 aliphatic rings. The lowest BCUT2D eigenvalue weighted by atomic mass is 9.91. The monoisotopic (exact) mass is 456 g/mol.